The van der Waals surface area contributed by atoms with Gasteiger partial charge < -0.3 is 10.2 Å². The van der Waals surface area contributed by atoms with Gasteiger partial charge in [-0.25, -0.2) is 0 Å². The minimum Gasteiger partial charge on any atom is -0.396 e. The Morgan fingerprint density at radius 3 is 2.26 bits per heavy atom. The fraction of sp³-hybridized carbons (Fsp3) is 1.00. The molecular formula is C21H36O2. The van der Waals surface area contributed by atoms with Gasteiger partial charge in [-0.3, -0.25) is 0 Å². The van der Waals surface area contributed by atoms with E-state index in [9.17, 15) is 10.2 Å². The van der Waals surface area contributed by atoms with Crippen LogP contribution in [0.4, 0.5) is 0 Å². The largest absolute Gasteiger partial charge is 0.396 e. The minimum atomic E-state index is 0.141. The third-order valence-electron chi connectivity index (χ3n) is 9.81. The summed E-state index contributed by atoms with van der Waals surface area (Å²) >= 11 is 0. The van der Waals surface area contributed by atoms with E-state index < -0.39 is 0 Å². The number of fused-ring (bicyclic) bond motifs is 2. The molecule has 0 heterocycles. The van der Waals surface area contributed by atoms with Crippen LogP contribution in [0, 0.1) is 39.4 Å². The van der Waals surface area contributed by atoms with Crippen molar-refractivity contribution >= 4 is 0 Å². The van der Waals surface area contributed by atoms with Crippen molar-refractivity contribution in [3.63, 3.8) is 0 Å². The molecular weight excluding hydrogens is 284 g/mol. The number of hydrogen-bond donors (Lipinski definition) is 2. The van der Waals surface area contributed by atoms with E-state index in [1.807, 2.05) is 0 Å². The van der Waals surface area contributed by atoms with Crippen LogP contribution in [0.3, 0.4) is 0 Å². The molecule has 0 aromatic heterocycles. The molecule has 2 nitrogen and oxygen atoms in total. The number of rotatable bonds is 2. The van der Waals surface area contributed by atoms with Crippen molar-refractivity contribution in [1.82, 2.24) is 0 Å². The summed E-state index contributed by atoms with van der Waals surface area (Å²) in [6, 6.07) is 0. The van der Waals surface area contributed by atoms with Gasteiger partial charge in [0.2, 0.25) is 0 Å². The SMILES string of the molecule is C[C@@]1(CO)CC[C@@]23C[C@@H]1C[C@H]2CC[C@@H]1[C@@](C)(CO)CCC[C@]13C. The highest BCUT2D eigenvalue weighted by atomic mass is 16.3. The second-order valence-electron chi connectivity index (χ2n) is 10.5. The smallest absolute Gasteiger partial charge is 0.0487 e. The molecule has 4 aliphatic carbocycles. The van der Waals surface area contributed by atoms with Crippen LogP contribution >= 0.6 is 0 Å². The lowest BCUT2D eigenvalue weighted by Crippen LogP contribution is -2.59. The molecule has 4 fully saturated rings. The van der Waals surface area contributed by atoms with Crippen molar-refractivity contribution in [1.29, 1.82) is 0 Å². The van der Waals surface area contributed by atoms with Gasteiger partial charge in [0.25, 0.3) is 0 Å². The van der Waals surface area contributed by atoms with E-state index in [0.29, 0.717) is 30.0 Å². The van der Waals surface area contributed by atoms with E-state index in [4.69, 9.17) is 0 Å². The lowest BCUT2D eigenvalue weighted by Gasteiger charge is -2.66. The first-order valence-electron chi connectivity index (χ1n) is 10.1. The lowest BCUT2D eigenvalue weighted by molar-refractivity contribution is -0.178. The Labute approximate surface area is 142 Å². The zero-order valence-corrected chi connectivity index (χ0v) is 15.4. The molecule has 0 saturated heterocycles. The van der Waals surface area contributed by atoms with Gasteiger partial charge in [-0.15, -0.1) is 0 Å². The Morgan fingerprint density at radius 1 is 0.826 bits per heavy atom. The highest BCUT2D eigenvalue weighted by molar-refractivity contribution is 5.17. The molecule has 132 valence electrons. The minimum absolute atomic E-state index is 0.141. The van der Waals surface area contributed by atoms with Crippen LogP contribution < -0.4 is 0 Å². The molecule has 2 N–H and O–H groups in total. The fourth-order valence-electron chi connectivity index (χ4n) is 8.19. The second-order valence-corrected chi connectivity index (χ2v) is 10.5. The molecule has 0 aromatic carbocycles. The first-order valence-corrected chi connectivity index (χ1v) is 10.1. The third-order valence-corrected chi connectivity index (χ3v) is 9.81. The second kappa shape index (κ2) is 4.97. The van der Waals surface area contributed by atoms with Gasteiger partial charge in [0, 0.05) is 13.2 Å². The summed E-state index contributed by atoms with van der Waals surface area (Å²) in [5, 5.41) is 20.1. The third kappa shape index (κ3) is 1.89. The first kappa shape index (κ1) is 16.4. The molecule has 7 atom stereocenters. The summed E-state index contributed by atoms with van der Waals surface area (Å²) in [5.41, 5.74) is 1.23. The summed E-state index contributed by atoms with van der Waals surface area (Å²) in [7, 11) is 0. The number of aliphatic hydroxyl groups excluding tert-OH is 2. The molecule has 0 aliphatic heterocycles. The average molecular weight is 321 g/mol. The van der Waals surface area contributed by atoms with Gasteiger partial charge in [-0.05, 0) is 90.8 Å². The van der Waals surface area contributed by atoms with E-state index in [0.717, 1.165) is 11.8 Å². The number of hydrogen-bond acceptors (Lipinski definition) is 2. The van der Waals surface area contributed by atoms with E-state index in [1.54, 1.807) is 0 Å². The van der Waals surface area contributed by atoms with E-state index in [1.165, 1.54) is 57.8 Å². The average Bonchev–Trinajstić information content (AvgIpc) is 2.89. The molecule has 0 unspecified atom stereocenters. The van der Waals surface area contributed by atoms with E-state index >= 15 is 0 Å². The van der Waals surface area contributed by atoms with Crippen LogP contribution in [0.25, 0.3) is 0 Å². The van der Waals surface area contributed by atoms with Crippen LogP contribution in [0.5, 0.6) is 0 Å². The van der Waals surface area contributed by atoms with Gasteiger partial charge in [-0.1, -0.05) is 27.2 Å². The molecule has 0 aromatic rings. The molecule has 2 heteroatoms. The highest BCUT2D eigenvalue weighted by Crippen LogP contribution is 2.76. The van der Waals surface area contributed by atoms with E-state index in [-0.39, 0.29) is 10.8 Å². The maximum atomic E-state index is 10.2. The maximum absolute atomic E-state index is 10.2. The predicted molar refractivity (Wildman–Crippen MR) is 92.9 cm³/mol. The normalized spacial score (nSPS) is 58.6. The standard InChI is InChI=1S/C21H36O2/c1-18(13-22)9-10-21-12-16(18)11-15(21)5-6-17-19(2,14-23)7-4-8-20(17,21)3/h15-17,22-23H,4-14H2,1-3H3/t15-,16+,17-,18+,19-,20-,21-/m1/s1. The predicted octanol–water partition coefficient (Wildman–Crippen LogP) is 4.39. The highest BCUT2D eigenvalue weighted by Gasteiger charge is 2.68. The van der Waals surface area contributed by atoms with Crippen LogP contribution in [0.1, 0.15) is 78.6 Å². The van der Waals surface area contributed by atoms with Crippen molar-refractivity contribution < 1.29 is 10.2 Å². The van der Waals surface area contributed by atoms with Crippen LogP contribution in [0.2, 0.25) is 0 Å². The van der Waals surface area contributed by atoms with Crippen LogP contribution in [0.15, 0.2) is 0 Å². The quantitative estimate of drug-likeness (QED) is 0.792. The van der Waals surface area contributed by atoms with Gasteiger partial charge in [0.1, 0.15) is 0 Å². The Kier molecular flexibility index (Phi) is 3.54. The summed E-state index contributed by atoms with van der Waals surface area (Å²) in [6.07, 6.45) is 11.8. The van der Waals surface area contributed by atoms with E-state index in [2.05, 4.69) is 20.8 Å². The molecule has 0 amide bonds. The molecule has 2 bridgehead atoms. The molecule has 0 radical (unpaired) electrons. The summed E-state index contributed by atoms with van der Waals surface area (Å²) in [4.78, 5) is 0. The van der Waals surface area contributed by atoms with Crippen molar-refractivity contribution in [2.24, 2.45) is 39.4 Å². The number of aliphatic hydroxyl groups is 2. The zero-order valence-electron chi connectivity index (χ0n) is 15.4. The molecule has 4 aliphatic rings. The summed E-state index contributed by atoms with van der Waals surface area (Å²) < 4.78 is 0. The molecule has 1 spiro atoms. The Morgan fingerprint density at radius 2 is 1.57 bits per heavy atom. The zero-order chi connectivity index (χ0) is 16.5. The van der Waals surface area contributed by atoms with Crippen molar-refractivity contribution in [2.75, 3.05) is 13.2 Å². The van der Waals surface area contributed by atoms with Crippen molar-refractivity contribution in [2.45, 2.75) is 78.6 Å². The van der Waals surface area contributed by atoms with Gasteiger partial charge in [0.15, 0.2) is 0 Å². The molecule has 4 rings (SSSR count). The summed E-state index contributed by atoms with van der Waals surface area (Å²) in [6.45, 7) is 8.03. The first-order chi connectivity index (χ1) is 10.8. The topological polar surface area (TPSA) is 40.5 Å². The van der Waals surface area contributed by atoms with Gasteiger partial charge in [-0.2, -0.15) is 0 Å². The Bertz CT molecular complexity index is 490. The maximum Gasteiger partial charge on any atom is 0.0487 e. The monoisotopic (exact) mass is 320 g/mol. The Hall–Kier alpha value is -0.0800. The lowest BCUT2D eigenvalue weighted by atomic mass is 9.39. The molecule has 4 saturated carbocycles. The fourth-order valence-corrected chi connectivity index (χ4v) is 8.19. The van der Waals surface area contributed by atoms with Crippen LogP contribution in [-0.4, -0.2) is 23.4 Å². The van der Waals surface area contributed by atoms with Crippen LogP contribution in [-0.2, 0) is 0 Å². The van der Waals surface area contributed by atoms with Gasteiger partial charge >= 0.3 is 0 Å². The summed E-state index contributed by atoms with van der Waals surface area (Å²) in [5.74, 6) is 2.30. The Balaban J connectivity index is 1.74. The van der Waals surface area contributed by atoms with Crippen molar-refractivity contribution in [3.8, 4) is 0 Å². The van der Waals surface area contributed by atoms with Crippen molar-refractivity contribution in [3.05, 3.63) is 0 Å². The molecule has 23 heavy (non-hydrogen) atoms. The van der Waals surface area contributed by atoms with Gasteiger partial charge in [0.05, 0.1) is 0 Å².